The van der Waals surface area contributed by atoms with E-state index < -0.39 is 0 Å². The molecule has 0 aliphatic carbocycles. The second-order valence-electron chi connectivity index (χ2n) is 5.51. The van der Waals surface area contributed by atoms with Crippen LogP contribution in [0.4, 0.5) is 0 Å². The summed E-state index contributed by atoms with van der Waals surface area (Å²) in [4.78, 5) is 7.74. The number of imidazole rings is 1. The molecule has 2 aromatic carbocycles. The molecule has 0 unspecified atom stereocenters. The van der Waals surface area contributed by atoms with Gasteiger partial charge in [0.25, 0.3) is 0 Å². The third-order valence-electron chi connectivity index (χ3n) is 3.88. The quantitative estimate of drug-likeness (QED) is 0.690. The highest BCUT2D eigenvalue weighted by Crippen LogP contribution is 2.29. The summed E-state index contributed by atoms with van der Waals surface area (Å²) in [6.45, 7) is 2.64. The van der Waals surface area contributed by atoms with Crippen LogP contribution in [0.3, 0.4) is 0 Å². The van der Waals surface area contributed by atoms with Crippen LogP contribution in [0.5, 0.6) is 5.75 Å². The largest absolute Gasteiger partial charge is 0.492 e. The Balaban J connectivity index is 1.78. The van der Waals surface area contributed by atoms with Gasteiger partial charge in [0.1, 0.15) is 11.6 Å². The summed E-state index contributed by atoms with van der Waals surface area (Å²) in [5.74, 6) is 8.23. The van der Waals surface area contributed by atoms with Crippen LogP contribution in [-0.2, 0) is 6.42 Å². The number of aromatic amines is 1. The molecule has 0 radical (unpaired) electrons. The Kier molecular flexibility index (Phi) is 3.08. The zero-order valence-electron chi connectivity index (χ0n) is 12.4. The first-order chi connectivity index (χ1) is 10.8. The first-order valence-electron chi connectivity index (χ1n) is 7.48. The van der Waals surface area contributed by atoms with Gasteiger partial charge in [0.05, 0.1) is 17.6 Å². The summed E-state index contributed by atoms with van der Waals surface area (Å²) in [5, 5.41) is 0. The molecule has 0 saturated heterocycles. The summed E-state index contributed by atoms with van der Waals surface area (Å²) in [6, 6.07) is 12.7. The number of ether oxygens (including phenoxy) is 1. The summed E-state index contributed by atoms with van der Waals surface area (Å²) in [5.41, 5.74) is 5.58. The van der Waals surface area contributed by atoms with Gasteiger partial charge in [-0.05, 0) is 42.3 Å². The number of hydrogen-bond acceptors (Lipinski definition) is 2. The van der Waals surface area contributed by atoms with Gasteiger partial charge in [-0.3, -0.25) is 0 Å². The Hall–Kier alpha value is -2.73. The molecule has 0 fully saturated rings. The molecule has 3 heteroatoms. The van der Waals surface area contributed by atoms with E-state index in [0.717, 1.165) is 41.0 Å². The molecule has 3 nitrogen and oxygen atoms in total. The van der Waals surface area contributed by atoms with E-state index in [9.17, 15) is 0 Å². The van der Waals surface area contributed by atoms with E-state index in [1.165, 1.54) is 11.1 Å². The Bertz CT molecular complexity index is 912. The van der Waals surface area contributed by atoms with Crippen molar-refractivity contribution >= 4 is 11.0 Å². The molecule has 2 heterocycles. The monoisotopic (exact) mass is 288 g/mol. The number of benzene rings is 2. The van der Waals surface area contributed by atoms with Crippen molar-refractivity contribution in [1.29, 1.82) is 0 Å². The first kappa shape index (κ1) is 13.0. The fourth-order valence-electron chi connectivity index (χ4n) is 2.81. The van der Waals surface area contributed by atoms with E-state index in [1.54, 1.807) is 0 Å². The van der Waals surface area contributed by atoms with Crippen LogP contribution in [0.2, 0.25) is 0 Å². The molecule has 22 heavy (non-hydrogen) atoms. The molecular formula is C19H16N2O. The summed E-state index contributed by atoms with van der Waals surface area (Å²) < 4.78 is 5.77. The molecular weight excluding hydrogens is 272 g/mol. The summed E-state index contributed by atoms with van der Waals surface area (Å²) in [6.07, 6.45) is 1.55. The van der Waals surface area contributed by atoms with Crippen molar-refractivity contribution in [2.75, 3.05) is 6.61 Å². The SMILES string of the molecule is Cc1nc2ccc(-c3ccc4c(c3)CC#CCCO4)cc2[nH]1. The first-order valence-corrected chi connectivity index (χ1v) is 7.48. The third kappa shape index (κ3) is 2.33. The fraction of sp³-hybridized carbons (Fsp3) is 0.211. The molecule has 0 atom stereocenters. The van der Waals surface area contributed by atoms with Gasteiger partial charge in [-0.1, -0.05) is 24.0 Å². The predicted molar refractivity (Wildman–Crippen MR) is 87.9 cm³/mol. The molecule has 0 spiro atoms. The lowest BCUT2D eigenvalue weighted by Gasteiger charge is -2.12. The van der Waals surface area contributed by atoms with Crippen molar-refractivity contribution in [2.45, 2.75) is 19.8 Å². The third-order valence-corrected chi connectivity index (χ3v) is 3.88. The van der Waals surface area contributed by atoms with Crippen LogP contribution in [0, 0.1) is 18.8 Å². The lowest BCUT2D eigenvalue weighted by molar-refractivity contribution is 0.323. The van der Waals surface area contributed by atoms with Gasteiger partial charge in [0.15, 0.2) is 0 Å². The lowest BCUT2D eigenvalue weighted by atomic mass is 10.0. The number of rotatable bonds is 1. The number of nitrogens with zero attached hydrogens (tertiary/aromatic N) is 1. The fourth-order valence-corrected chi connectivity index (χ4v) is 2.81. The van der Waals surface area contributed by atoms with E-state index in [1.807, 2.05) is 6.92 Å². The van der Waals surface area contributed by atoms with Crippen LogP contribution < -0.4 is 4.74 Å². The number of fused-ring (bicyclic) bond motifs is 2. The van der Waals surface area contributed by atoms with Crippen molar-refractivity contribution in [3.05, 3.63) is 47.8 Å². The average Bonchev–Trinajstić information content (AvgIpc) is 2.87. The number of H-pyrrole nitrogens is 1. The van der Waals surface area contributed by atoms with E-state index in [0.29, 0.717) is 6.61 Å². The average molecular weight is 288 g/mol. The second-order valence-corrected chi connectivity index (χ2v) is 5.51. The van der Waals surface area contributed by atoms with Gasteiger partial charge in [0.2, 0.25) is 0 Å². The Morgan fingerprint density at radius 3 is 2.91 bits per heavy atom. The molecule has 1 aromatic heterocycles. The zero-order valence-corrected chi connectivity index (χ0v) is 12.4. The van der Waals surface area contributed by atoms with Gasteiger partial charge in [0, 0.05) is 18.4 Å². The highest BCUT2D eigenvalue weighted by Gasteiger charge is 2.08. The molecule has 0 bridgehead atoms. The number of hydrogen-bond donors (Lipinski definition) is 1. The summed E-state index contributed by atoms with van der Waals surface area (Å²) in [7, 11) is 0. The van der Waals surface area contributed by atoms with Crippen LogP contribution in [-0.4, -0.2) is 16.6 Å². The number of aromatic nitrogens is 2. The van der Waals surface area contributed by atoms with Crippen molar-refractivity contribution in [2.24, 2.45) is 0 Å². The molecule has 1 aliphatic heterocycles. The predicted octanol–water partition coefficient (Wildman–Crippen LogP) is 3.87. The molecule has 0 amide bonds. The van der Waals surface area contributed by atoms with Crippen LogP contribution >= 0.6 is 0 Å². The highest BCUT2D eigenvalue weighted by molar-refractivity contribution is 5.82. The van der Waals surface area contributed by atoms with Crippen molar-refractivity contribution < 1.29 is 4.74 Å². The zero-order chi connectivity index (χ0) is 14.9. The van der Waals surface area contributed by atoms with Gasteiger partial charge in [-0.2, -0.15) is 0 Å². The minimum atomic E-state index is 0.665. The van der Waals surface area contributed by atoms with Crippen molar-refractivity contribution in [3.63, 3.8) is 0 Å². The normalized spacial score (nSPS) is 13.5. The Labute approximate surface area is 129 Å². The van der Waals surface area contributed by atoms with E-state index in [2.05, 4.69) is 58.2 Å². The van der Waals surface area contributed by atoms with E-state index >= 15 is 0 Å². The van der Waals surface area contributed by atoms with Gasteiger partial charge in [-0.25, -0.2) is 4.98 Å². The standard InChI is InChI=1S/C19H16N2O/c1-13-20-17-8-6-15(12-18(17)21-13)14-7-9-19-16(11-14)5-3-2-4-10-22-19/h6-9,11-12H,4-5,10H2,1H3,(H,20,21). The van der Waals surface area contributed by atoms with Gasteiger partial charge < -0.3 is 9.72 Å². The van der Waals surface area contributed by atoms with Crippen LogP contribution in [0.1, 0.15) is 17.8 Å². The van der Waals surface area contributed by atoms with Gasteiger partial charge >= 0.3 is 0 Å². The molecule has 3 aromatic rings. The summed E-state index contributed by atoms with van der Waals surface area (Å²) >= 11 is 0. The maximum absolute atomic E-state index is 5.77. The molecule has 1 aliphatic rings. The number of aryl methyl sites for hydroxylation is 1. The smallest absolute Gasteiger partial charge is 0.123 e. The Morgan fingerprint density at radius 1 is 1.09 bits per heavy atom. The van der Waals surface area contributed by atoms with Crippen molar-refractivity contribution in [3.8, 4) is 28.7 Å². The molecule has 108 valence electrons. The van der Waals surface area contributed by atoms with Gasteiger partial charge in [-0.15, -0.1) is 0 Å². The molecule has 1 N–H and O–H groups in total. The highest BCUT2D eigenvalue weighted by atomic mass is 16.5. The van der Waals surface area contributed by atoms with E-state index in [4.69, 9.17) is 4.74 Å². The topological polar surface area (TPSA) is 37.9 Å². The van der Waals surface area contributed by atoms with Crippen LogP contribution in [0.15, 0.2) is 36.4 Å². The maximum atomic E-state index is 5.77. The lowest BCUT2D eigenvalue weighted by Crippen LogP contribution is -2.01. The minimum Gasteiger partial charge on any atom is -0.492 e. The second kappa shape index (κ2) is 5.23. The van der Waals surface area contributed by atoms with Crippen LogP contribution in [0.25, 0.3) is 22.2 Å². The number of nitrogens with one attached hydrogen (secondary N) is 1. The maximum Gasteiger partial charge on any atom is 0.123 e. The molecule has 0 saturated carbocycles. The van der Waals surface area contributed by atoms with Crippen molar-refractivity contribution in [1.82, 2.24) is 9.97 Å². The minimum absolute atomic E-state index is 0.665. The van der Waals surface area contributed by atoms with E-state index in [-0.39, 0.29) is 0 Å². The molecule has 4 rings (SSSR count). The Morgan fingerprint density at radius 2 is 1.95 bits per heavy atom.